The average molecular weight is 187 g/mol. The summed E-state index contributed by atoms with van der Waals surface area (Å²) in [6.45, 7) is 8.24. The van der Waals surface area contributed by atoms with Gasteiger partial charge in [0.15, 0.2) is 0 Å². The number of hydrogen-bond acceptors (Lipinski definition) is 3. The fourth-order valence-electron chi connectivity index (χ4n) is 1.83. The van der Waals surface area contributed by atoms with E-state index in [9.17, 15) is 0 Å². The maximum Gasteiger partial charge on any atom is 0.0622 e. The molecule has 1 aliphatic heterocycles. The topological polar surface area (TPSA) is 32.7 Å². The normalized spacial score (nSPS) is 23.3. The molecular formula is C10H21NO2. The lowest BCUT2D eigenvalue weighted by atomic mass is 10.1. The quantitative estimate of drug-likeness (QED) is 0.688. The number of hydrogen-bond donors (Lipinski definition) is 1. The van der Waals surface area contributed by atoms with E-state index in [-0.39, 0.29) is 6.61 Å². The summed E-state index contributed by atoms with van der Waals surface area (Å²) in [6, 6.07) is 0.537. The molecule has 1 aliphatic rings. The molecule has 1 fully saturated rings. The smallest absolute Gasteiger partial charge is 0.0622 e. The van der Waals surface area contributed by atoms with Crippen molar-refractivity contribution in [2.75, 3.05) is 32.9 Å². The van der Waals surface area contributed by atoms with E-state index in [4.69, 9.17) is 9.84 Å². The van der Waals surface area contributed by atoms with E-state index in [0.717, 1.165) is 32.7 Å². The monoisotopic (exact) mass is 187 g/mol. The number of ether oxygens (including phenoxy) is 1. The van der Waals surface area contributed by atoms with Crippen molar-refractivity contribution >= 4 is 0 Å². The summed E-state index contributed by atoms with van der Waals surface area (Å²) in [5.41, 5.74) is 0. The Morgan fingerprint density at radius 3 is 2.77 bits per heavy atom. The molecule has 0 aromatic heterocycles. The maximum atomic E-state index is 8.93. The van der Waals surface area contributed by atoms with E-state index in [2.05, 4.69) is 18.7 Å². The minimum atomic E-state index is 0.253. The molecule has 13 heavy (non-hydrogen) atoms. The Bertz CT molecular complexity index is 133. The van der Waals surface area contributed by atoms with Crippen LogP contribution in [0, 0.1) is 5.92 Å². The first-order valence-corrected chi connectivity index (χ1v) is 5.16. The van der Waals surface area contributed by atoms with Gasteiger partial charge in [-0.05, 0) is 12.3 Å². The van der Waals surface area contributed by atoms with Crippen molar-refractivity contribution in [3.63, 3.8) is 0 Å². The molecule has 1 atom stereocenters. The van der Waals surface area contributed by atoms with Crippen LogP contribution in [0.5, 0.6) is 0 Å². The van der Waals surface area contributed by atoms with Crippen LogP contribution in [0.2, 0.25) is 0 Å². The van der Waals surface area contributed by atoms with Gasteiger partial charge in [0.1, 0.15) is 0 Å². The van der Waals surface area contributed by atoms with E-state index >= 15 is 0 Å². The van der Waals surface area contributed by atoms with Gasteiger partial charge in [-0.3, -0.25) is 4.90 Å². The molecule has 0 saturated carbocycles. The number of nitrogens with zero attached hydrogens (tertiary/aromatic N) is 1. The first-order valence-electron chi connectivity index (χ1n) is 5.16. The van der Waals surface area contributed by atoms with Gasteiger partial charge in [-0.1, -0.05) is 13.8 Å². The molecule has 0 amide bonds. The molecule has 0 aromatic rings. The molecule has 0 aliphatic carbocycles. The van der Waals surface area contributed by atoms with Gasteiger partial charge in [-0.25, -0.2) is 0 Å². The molecule has 1 saturated heterocycles. The van der Waals surface area contributed by atoms with Gasteiger partial charge < -0.3 is 9.84 Å². The number of rotatable bonds is 5. The highest BCUT2D eigenvalue weighted by atomic mass is 16.5. The Hall–Kier alpha value is -0.120. The molecular weight excluding hydrogens is 166 g/mol. The van der Waals surface area contributed by atoms with Crippen LogP contribution in [0.3, 0.4) is 0 Å². The second-order valence-electron chi connectivity index (χ2n) is 4.13. The van der Waals surface area contributed by atoms with Crippen LogP contribution in [0.1, 0.15) is 20.3 Å². The Kier molecular flexibility index (Phi) is 4.70. The second kappa shape index (κ2) is 5.58. The van der Waals surface area contributed by atoms with Gasteiger partial charge in [0.05, 0.1) is 13.2 Å². The highest BCUT2D eigenvalue weighted by Crippen LogP contribution is 2.13. The third kappa shape index (κ3) is 3.63. The Morgan fingerprint density at radius 2 is 2.31 bits per heavy atom. The largest absolute Gasteiger partial charge is 0.395 e. The standard InChI is InChI=1S/C10H21NO2/c1-9(2)7-11(4-5-12)10-3-6-13-8-10/h9-10,12H,3-8H2,1-2H3/t10-/m0/s1. The van der Waals surface area contributed by atoms with Crippen molar-refractivity contribution in [2.24, 2.45) is 5.92 Å². The lowest BCUT2D eigenvalue weighted by Gasteiger charge is -2.28. The van der Waals surface area contributed by atoms with Crippen LogP contribution in [-0.4, -0.2) is 49.0 Å². The van der Waals surface area contributed by atoms with E-state index in [0.29, 0.717) is 12.0 Å². The van der Waals surface area contributed by atoms with Crippen LogP contribution < -0.4 is 0 Å². The fraction of sp³-hybridized carbons (Fsp3) is 1.00. The predicted molar refractivity (Wildman–Crippen MR) is 52.7 cm³/mol. The third-order valence-electron chi connectivity index (χ3n) is 2.41. The molecule has 1 heterocycles. The molecule has 0 aromatic carbocycles. The summed E-state index contributed by atoms with van der Waals surface area (Å²) in [6.07, 6.45) is 1.12. The minimum absolute atomic E-state index is 0.253. The lowest BCUT2D eigenvalue weighted by Crippen LogP contribution is -2.40. The van der Waals surface area contributed by atoms with Gasteiger partial charge in [0, 0.05) is 25.7 Å². The Balaban J connectivity index is 2.35. The second-order valence-corrected chi connectivity index (χ2v) is 4.13. The molecule has 0 unspecified atom stereocenters. The molecule has 78 valence electrons. The van der Waals surface area contributed by atoms with E-state index in [1.165, 1.54) is 0 Å². The van der Waals surface area contributed by atoms with Gasteiger partial charge in [0.25, 0.3) is 0 Å². The van der Waals surface area contributed by atoms with Crippen LogP contribution >= 0.6 is 0 Å². The molecule has 1 N–H and O–H groups in total. The summed E-state index contributed by atoms with van der Waals surface area (Å²) >= 11 is 0. The maximum absolute atomic E-state index is 8.93. The van der Waals surface area contributed by atoms with Crippen molar-refractivity contribution in [3.05, 3.63) is 0 Å². The van der Waals surface area contributed by atoms with Crippen molar-refractivity contribution in [3.8, 4) is 0 Å². The zero-order valence-corrected chi connectivity index (χ0v) is 8.70. The van der Waals surface area contributed by atoms with E-state index in [1.54, 1.807) is 0 Å². The number of aliphatic hydroxyl groups excluding tert-OH is 1. The Morgan fingerprint density at radius 1 is 1.54 bits per heavy atom. The first-order chi connectivity index (χ1) is 6.24. The van der Waals surface area contributed by atoms with Gasteiger partial charge in [0.2, 0.25) is 0 Å². The van der Waals surface area contributed by atoms with Crippen molar-refractivity contribution in [1.82, 2.24) is 4.90 Å². The summed E-state index contributed by atoms with van der Waals surface area (Å²) in [4.78, 5) is 2.34. The minimum Gasteiger partial charge on any atom is -0.395 e. The molecule has 0 spiro atoms. The van der Waals surface area contributed by atoms with Gasteiger partial charge in [-0.2, -0.15) is 0 Å². The molecule has 0 radical (unpaired) electrons. The van der Waals surface area contributed by atoms with Gasteiger partial charge in [-0.15, -0.1) is 0 Å². The third-order valence-corrected chi connectivity index (χ3v) is 2.41. The number of aliphatic hydroxyl groups is 1. The van der Waals surface area contributed by atoms with Crippen molar-refractivity contribution < 1.29 is 9.84 Å². The first kappa shape index (κ1) is 11.0. The average Bonchev–Trinajstić information content (AvgIpc) is 2.54. The van der Waals surface area contributed by atoms with Crippen LogP contribution in [-0.2, 0) is 4.74 Å². The van der Waals surface area contributed by atoms with E-state index in [1.807, 2.05) is 0 Å². The van der Waals surface area contributed by atoms with Crippen LogP contribution in [0.25, 0.3) is 0 Å². The predicted octanol–water partition coefficient (Wildman–Crippen LogP) is 0.726. The summed E-state index contributed by atoms with van der Waals surface area (Å²) < 4.78 is 5.34. The molecule has 1 rings (SSSR count). The molecule has 3 nitrogen and oxygen atoms in total. The summed E-state index contributed by atoms with van der Waals surface area (Å²) in [5.74, 6) is 0.659. The van der Waals surface area contributed by atoms with Crippen LogP contribution in [0.15, 0.2) is 0 Å². The fourth-order valence-corrected chi connectivity index (χ4v) is 1.83. The van der Waals surface area contributed by atoms with Crippen molar-refractivity contribution in [2.45, 2.75) is 26.3 Å². The van der Waals surface area contributed by atoms with Crippen LogP contribution in [0.4, 0.5) is 0 Å². The summed E-state index contributed by atoms with van der Waals surface area (Å²) in [5, 5.41) is 8.93. The zero-order valence-electron chi connectivity index (χ0n) is 8.70. The van der Waals surface area contributed by atoms with Crippen molar-refractivity contribution in [1.29, 1.82) is 0 Å². The highest BCUT2D eigenvalue weighted by Gasteiger charge is 2.22. The summed E-state index contributed by atoms with van der Waals surface area (Å²) in [7, 11) is 0. The molecule has 3 heteroatoms. The SMILES string of the molecule is CC(C)CN(CCO)[C@H]1CCOC1. The highest BCUT2D eigenvalue weighted by molar-refractivity contribution is 4.76. The lowest BCUT2D eigenvalue weighted by molar-refractivity contribution is 0.114. The zero-order chi connectivity index (χ0) is 9.68. The van der Waals surface area contributed by atoms with Gasteiger partial charge >= 0.3 is 0 Å². The Labute approximate surface area is 80.7 Å². The molecule has 0 bridgehead atoms. The van der Waals surface area contributed by atoms with E-state index < -0.39 is 0 Å².